The van der Waals surface area contributed by atoms with Crippen LogP contribution in [0.15, 0.2) is 18.2 Å². The first-order valence-electron chi connectivity index (χ1n) is 8.06. The molecule has 1 fully saturated rings. The summed E-state index contributed by atoms with van der Waals surface area (Å²) < 4.78 is 5.40. The van der Waals surface area contributed by atoms with Crippen molar-refractivity contribution in [3.63, 3.8) is 0 Å². The fourth-order valence-corrected chi connectivity index (χ4v) is 2.96. The number of phenols is 1. The maximum atomic E-state index is 9.68. The lowest BCUT2D eigenvalue weighted by Gasteiger charge is -2.24. The van der Waals surface area contributed by atoms with Gasteiger partial charge in [0.15, 0.2) is 11.5 Å². The van der Waals surface area contributed by atoms with E-state index in [-0.39, 0.29) is 5.75 Å². The Morgan fingerprint density at radius 2 is 2.10 bits per heavy atom. The molecule has 0 bridgehead atoms. The van der Waals surface area contributed by atoms with Gasteiger partial charge in [0.1, 0.15) is 0 Å². The fraction of sp³-hybridized carbons (Fsp3) is 0.647. The van der Waals surface area contributed by atoms with Crippen LogP contribution in [0, 0.1) is 0 Å². The first-order valence-corrected chi connectivity index (χ1v) is 8.06. The average Bonchev–Trinajstić information content (AvgIpc) is 3.01. The largest absolute Gasteiger partial charge is 0.504 e. The molecule has 0 aromatic heterocycles. The molecule has 2 rings (SSSR count). The molecule has 0 unspecified atom stereocenters. The van der Waals surface area contributed by atoms with Crippen LogP contribution in [-0.4, -0.2) is 42.8 Å². The van der Waals surface area contributed by atoms with Crippen molar-refractivity contribution < 1.29 is 9.84 Å². The van der Waals surface area contributed by atoms with Crippen LogP contribution < -0.4 is 10.1 Å². The molecule has 1 aromatic carbocycles. The number of likely N-dealkylation sites (N-methyl/N-ethyl adjacent to an activating group) is 1. The van der Waals surface area contributed by atoms with Crippen molar-refractivity contribution in [1.82, 2.24) is 10.2 Å². The van der Waals surface area contributed by atoms with Crippen molar-refractivity contribution >= 4 is 0 Å². The number of benzene rings is 1. The second-order valence-corrected chi connectivity index (χ2v) is 5.83. The zero-order chi connectivity index (χ0) is 15.1. The van der Waals surface area contributed by atoms with E-state index in [0.717, 1.165) is 31.2 Å². The molecule has 0 saturated heterocycles. The average molecular weight is 292 g/mol. The highest BCUT2D eigenvalue weighted by Gasteiger charge is 2.18. The van der Waals surface area contributed by atoms with E-state index in [4.69, 9.17) is 4.74 Å². The summed E-state index contributed by atoms with van der Waals surface area (Å²) in [4.78, 5) is 2.47. The minimum absolute atomic E-state index is 0.210. The molecule has 0 aliphatic heterocycles. The Labute approximate surface area is 128 Å². The molecule has 4 nitrogen and oxygen atoms in total. The first kappa shape index (κ1) is 16.1. The lowest BCUT2D eigenvalue weighted by molar-refractivity contribution is 0.245. The summed E-state index contributed by atoms with van der Waals surface area (Å²) in [5.74, 6) is 0.779. The van der Waals surface area contributed by atoms with E-state index < -0.39 is 0 Å². The SMILES string of the molecule is CCOc1cc(CNCCN(C)C2CCCC2)ccc1O. The van der Waals surface area contributed by atoms with Crippen LogP contribution in [0.3, 0.4) is 0 Å². The van der Waals surface area contributed by atoms with E-state index in [1.165, 1.54) is 25.7 Å². The molecule has 118 valence electrons. The quantitative estimate of drug-likeness (QED) is 0.723. The second kappa shape index (κ2) is 8.25. The van der Waals surface area contributed by atoms with Crippen LogP contribution in [0.4, 0.5) is 0 Å². The van der Waals surface area contributed by atoms with Gasteiger partial charge in [-0.05, 0) is 44.5 Å². The van der Waals surface area contributed by atoms with Crippen molar-refractivity contribution in [1.29, 1.82) is 0 Å². The summed E-state index contributed by atoms with van der Waals surface area (Å²) in [6.45, 7) is 5.36. The number of ether oxygens (including phenoxy) is 1. The monoisotopic (exact) mass is 292 g/mol. The summed E-state index contributed by atoms with van der Waals surface area (Å²) in [5.41, 5.74) is 1.14. The van der Waals surface area contributed by atoms with Crippen molar-refractivity contribution in [3.05, 3.63) is 23.8 Å². The van der Waals surface area contributed by atoms with Crippen LogP contribution in [0.5, 0.6) is 11.5 Å². The van der Waals surface area contributed by atoms with Gasteiger partial charge in [0.25, 0.3) is 0 Å². The number of nitrogens with one attached hydrogen (secondary N) is 1. The van der Waals surface area contributed by atoms with Crippen LogP contribution in [0.2, 0.25) is 0 Å². The van der Waals surface area contributed by atoms with Gasteiger partial charge in [0, 0.05) is 25.7 Å². The molecule has 2 N–H and O–H groups in total. The predicted molar refractivity (Wildman–Crippen MR) is 85.9 cm³/mol. The molecule has 1 saturated carbocycles. The number of aromatic hydroxyl groups is 1. The van der Waals surface area contributed by atoms with E-state index in [9.17, 15) is 5.11 Å². The number of rotatable bonds is 8. The Morgan fingerprint density at radius 1 is 1.33 bits per heavy atom. The highest BCUT2D eigenvalue weighted by atomic mass is 16.5. The van der Waals surface area contributed by atoms with Crippen LogP contribution in [0.25, 0.3) is 0 Å². The zero-order valence-corrected chi connectivity index (χ0v) is 13.3. The molecular formula is C17H28N2O2. The molecule has 21 heavy (non-hydrogen) atoms. The molecule has 0 atom stereocenters. The third-order valence-electron chi connectivity index (χ3n) is 4.24. The fourth-order valence-electron chi connectivity index (χ4n) is 2.96. The van der Waals surface area contributed by atoms with E-state index in [1.807, 2.05) is 19.1 Å². The number of hydrogen-bond acceptors (Lipinski definition) is 4. The van der Waals surface area contributed by atoms with Crippen molar-refractivity contribution in [3.8, 4) is 11.5 Å². The van der Waals surface area contributed by atoms with Gasteiger partial charge in [-0.1, -0.05) is 18.9 Å². The lowest BCUT2D eigenvalue weighted by atomic mass is 10.2. The summed E-state index contributed by atoms with van der Waals surface area (Å²) >= 11 is 0. The highest BCUT2D eigenvalue weighted by Crippen LogP contribution is 2.26. The smallest absolute Gasteiger partial charge is 0.161 e. The lowest BCUT2D eigenvalue weighted by Crippen LogP contribution is -2.35. The maximum absolute atomic E-state index is 9.68. The van der Waals surface area contributed by atoms with Gasteiger partial charge in [0.2, 0.25) is 0 Å². The summed E-state index contributed by atoms with van der Waals surface area (Å²) in [7, 11) is 2.23. The van der Waals surface area contributed by atoms with Crippen molar-refractivity contribution in [2.24, 2.45) is 0 Å². The molecule has 0 radical (unpaired) electrons. The molecule has 0 amide bonds. The maximum Gasteiger partial charge on any atom is 0.161 e. The first-order chi connectivity index (χ1) is 10.2. The van der Waals surface area contributed by atoms with Crippen LogP contribution >= 0.6 is 0 Å². The second-order valence-electron chi connectivity index (χ2n) is 5.83. The molecule has 0 spiro atoms. The number of phenolic OH excluding ortho intramolecular Hbond substituents is 1. The van der Waals surface area contributed by atoms with Gasteiger partial charge in [-0.25, -0.2) is 0 Å². The Bertz CT molecular complexity index is 431. The van der Waals surface area contributed by atoms with Gasteiger partial charge in [-0.15, -0.1) is 0 Å². The van der Waals surface area contributed by atoms with Crippen LogP contribution in [0.1, 0.15) is 38.2 Å². The van der Waals surface area contributed by atoms with Gasteiger partial charge < -0.3 is 20.1 Å². The van der Waals surface area contributed by atoms with Crippen LogP contribution in [-0.2, 0) is 6.54 Å². The van der Waals surface area contributed by atoms with Crippen molar-refractivity contribution in [2.75, 3.05) is 26.7 Å². The third kappa shape index (κ3) is 4.90. The Hall–Kier alpha value is -1.26. The Morgan fingerprint density at radius 3 is 2.81 bits per heavy atom. The summed E-state index contributed by atoms with van der Waals surface area (Å²) in [6.07, 6.45) is 5.48. The Kier molecular flexibility index (Phi) is 6.33. The number of nitrogens with zero attached hydrogens (tertiary/aromatic N) is 1. The normalized spacial score (nSPS) is 15.8. The highest BCUT2D eigenvalue weighted by molar-refractivity contribution is 5.41. The summed E-state index contributed by atoms with van der Waals surface area (Å²) in [6, 6.07) is 6.33. The standard InChI is InChI=1S/C17H28N2O2/c1-3-21-17-12-14(8-9-16(17)20)13-18-10-11-19(2)15-6-4-5-7-15/h8-9,12,15,18,20H,3-7,10-11,13H2,1-2H3. The van der Waals surface area contributed by atoms with Gasteiger partial charge in [0.05, 0.1) is 6.61 Å². The van der Waals surface area contributed by atoms with E-state index in [1.54, 1.807) is 6.07 Å². The summed E-state index contributed by atoms with van der Waals surface area (Å²) in [5, 5.41) is 13.1. The minimum atomic E-state index is 0.210. The predicted octanol–water partition coefficient (Wildman–Crippen LogP) is 2.75. The molecule has 1 aliphatic carbocycles. The van der Waals surface area contributed by atoms with E-state index in [2.05, 4.69) is 17.3 Å². The van der Waals surface area contributed by atoms with Gasteiger partial charge in [-0.2, -0.15) is 0 Å². The van der Waals surface area contributed by atoms with Gasteiger partial charge in [-0.3, -0.25) is 0 Å². The topological polar surface area (TPSA) is 44.7 Å². The minimum Gasteiger partial charge on any atom is -0.504 e. The molecule has 1 aliphatic rings. The molecule has 1 aromatic rings. The molecular weight excluding hydrogens is 264 g/mol. The van der Waals surface area contributed by atoms with E-state index >= 15 is 0 Å². The van der Waals surface area contributed by atoms with Crippen molar-refractivity contribution in [2.45, 2.75) is 45.2 Å². The van der Waals surface area contributed by atoms with Gasteiger partial charge >= 0.3 is 0 Å². The number of hydrogen-bond donors (Lipinski definition) is 2. The third-order valence-corrected chi connectivity index (χ3v) is 4.24. The molecule has 4 heteroatoms. The van der Waals surface area contributed by atoms with E-state index in [0.29, 0.717) is 12.4 Å². The molecule has 0 heterocycles. The Balaban J connectivity index is 1.71. The zero-order valence-electron chi connectivity index (χ0n) is 13.3.